The van der Waals surface area contributed by atoms with E-state index in [9.17, 15) is 4.79 Å². The van der Waals surface area contributed by atoms with Crippen molar-refractivity contribution in [2.75, 3.05) is 0 Å². The van der Waals surface area contributed by atoms with Gasteiger partial charge in [0.1, 0.15) is 11.4 Å². The van der Waals surface area contributed by atoms with Crippen molar-refractivity contribution in [1.82, 2.24) is 9.78 Å². The molecule has 0 fully saturated rings. The zero-order chi connectivity index (χ0) is 12.3. The lowest BCUT2D eigenvalue weighted by Crippen LogP contribution is -2.02. The van der Waals surface area contributed by atoms with Crippen molar-refractivity contribution in [2.45, 2.75) is 13.0 Å². The molecule has 0 spiro atoms. The van der Waals surface area contributed by atoms with E-state index in [4.69, 9.17) is 23.2 Å². The van der Waals surface area contributed by atoms with E-state index in [1.54, 1.807) is 10.9 Å². The summed E-state index contributed by atoms with van der Waals surface area (Å²) in [6.45, 7) is 0.497. The number of hydrogen-bond acceptors (Lipinski definition) is 2. The highest BCUT2D eigenvalue weighted by molar-refractivity contribution is 6.31. The van der Waals surface area contributed by atoms with Crippen molar-refractivity contribution in [3.05, 3.63) is 51.8 Å². The van der Waals surface area contributed by atoms with E-state index in [1.807, 2.05) is 24.3 Å². The maximum atomic E-state index is 10.4. The Kier molecular flexibility index (Phi) is 3.82. The highest BCUT2D eigenvalue weighted by Gasteiger charge is 2.09. The number of hydrogen-bond donors (Lipinski definition) is 0. The lowest BCUT2D eigenvalue weighted by molar-refractivity contribution is -0.107. The first-order chi connectivity index (χ1) is 8.22. The fraction of sp³-hybridized carbons (Fsp3) is 0.167. The molecule has 3 nitrogen and oxygen atoms in total. The zero-order valence-electron chi connectivity index (χ0n) is 8.94. The normalized spacial score (nSPS) is 10.5. The van der Waals surface area contributed by atoms with Crippen molar-refractivity contribution < 1.29 is 4.79 Å². The van der Waals surface area contributed by atoms with Gasteiger partial charge in [-0.1, -0.05) is 41.4 Å². The molecule has 0 saturated heterocycles. The van der Waals surface area contributed by atoms with Crippen LogP contribution in [-0.4, -0.2) is 16.1 Å². The molecular weight excluding hydrogens is 259 g/mol. The van der Waals surface area contributed by atoms with Crippen LogP contribution in [0.1, 0.15) is 11.1 Å². The Morgan fingerprint density at radius 1 is 1.24 bits per heavy atom. The van der Waals surface area contributed by atoms with Gasteiger partial charge < -0.3 is 4.79 Å². The predicted molar refractivity (Wildman–Crippen MR) is 67.6 cm³/mol. The van der Waals surface area contributed by atoms with Gasteiger partial charge in [-0.05, 0) is 11.6 Å². The average molecular weight is 269 g/mol. The summed E-state index contributed by atoms with van der Waals surface area (Å²) in [7, 11) is 0. The third-order valence-corrected chi connectivity index (χ3v) is 3.23. The molecule has 2 rings (SSSR count). The van der Waals surface area contributed by atoms with Crippen LogP contribution in [0.2, 0.25) is 10.2 Å². The largest absolute Gasteiger partial charge is 0.303 e. The van der Waals surface area contributed by atoms with E-state index in [0.717, 1.165) is 17.4 Å². The van der Waals surface area contributed by atoms with Crippen LogP contribution in [0.15, 0.2) is 30.5 Å². The Balaban J connectivity index is 2.25. The summed E-state index contributed by atoms with van der Waals surface area (Å²) in [6.07, 6.45) is 2.69. The molecule has 2 aromatic rings. The quantitative estimate of drug-likeness (QED) is 0.800. The molecule has 0 saturated carbocycles. The van der Waals surface area contributed by atoms with E-state index in [-0.39, 0.29) is 6.42 Å². The molecule has 17 heavy (non-hydrogen) atoms. The van der Waals surface area contributed by atoms with Gasteiger partial charge in [-0.25, -0.2) is 4.68 Å². The van der Waals surface area contributed by atoms with Gasteiger partial charge in [0.25, 0.3) is 0 Å². The lowest BCUT2D eigenvalue weighted by atomic mass is 10.2. The number of aldehydes is 1. The standard InChI is InChI=1S/C12H10Cl2N2O/c13-11-4-2-1-3-10(11)8-16-12(14)9(5-6-17)7-15-16/h1-4,6-7H,5,8H2. The van der Waals surface area contributed by atoms with Crippen LogP contribution in [0, 0.1) is 0 Å². The fourth-order valence-electron chi connectivity index (χ4n) is 1.53. The first-order valence-electron chi connectivity index (χ1n) is 5.09. The highest BCUT2D eigenvalue weighted by atomic mass is 35.5. The number of aromatic nitrogens is 2. The van der Waals surface area contributed by atoms with Crippen molar-refractivity contribution in [2.24, 2.45) is 0 Å². The molecule has 0 aliphatic carbocycles. The molecule has 0 atom stereocenters. The van der Waals surface area contributed by atoms with Crippen LogP contribution >= 0.6 is 23.2 Å². The fourth-order valence-corrected chi connectivity index (χ4v) is 1.96. The smallest absolute Gasteiger partial charge is 0.131 e. The summed E-state index contributed by atoms with van der Waals surface area (Å²) >= 11 is 12.2. The van der Waals surface area contributed by atoms with Crippen molar-refractivity contribution in [3.8, 4) is 0 Å². The third-order valence-electron chi connectivity index (χ3n) is 2.43. The molecule has 5 heteroatoms. The van der Waals surface area contributed by atoms with Gasteiger partial charge in [0, 0.05) is 17.0 Å². The third kappa shape index (κ3) is 2.68. The van der Waals surface area contributed by atoms with E-state index in [2.05, 4.69) is 5.10 Å². The Morgan fingerprint density at radius 2 is 2.00 bits per heavy atom. The molecule has 1 aromatic heterocycles. The summed E-state index contributed by atoms with van der Waals surface area (Å²) in [5.74, 6) is 0. The summed E-state index contributed by atoms with van der Waals surface area (Å²) in [5, 5.41) is 5.30. The Bertz CT molecular complexity index is 537. The van der Waals surface area contributed by atoms with Gasteiger partial charge in [-0.2, -0.15) is 5.10 Å². The second kappa shape index (κ2) is 5.34. The monoisotopic (exact) mass is 268 g/mol. The maximum Gasteiger partial charge on any atom is 0.131 e. The highest BCUT2D eigenvalue weighted by Crippen LogP contribution is 2.20. The van der Waals surface area contributed by atoms with Crippen molar-refractivity contribution >= 4 is 29.5 Å². The molecule has 88 valence electrons. The van der Waals surface area contributed by atoms with E-state index in [1.165, 1.54) is 0 Å². The van der Waals surface area contributed by atoms with Gasteiger partial charge in [0.05, 0.1) is 12.7 Å². The molecule has 1 aromatic carbocycles. The molecule has 0 aliphatic heterocycles. The predicted octanol–water partition coefficient (Wildman–Crippen LogP) is 2.98. The second-order valence-corrected chi connectivity index (χ2v) is 4.35. The average Bonchev–Trinajstić information content (AvgIpc) is 2.65. The SMILES string of the molecule is O=CCc1cnn(Cc2ccccc2Cl)c1Cl. The van der Waals surface area contributed by atoms with Gasteiger partial charge in [-0.15, -0.1) is 0 Å². The molecule has 0 N–H and O–H groups in total. The summed E-state index contributed by atoms with van der Waals surface area (Å²) in [6, 6.07) is 7.51. The van der Waals surface area contributed by atoms with Gasteiger partial charge >= 0.3 is 0 Å². The van der Waals surface area contributed by atoms with E-state index >= 15 is 0 Å². The number of nitrogens with zero attached hydrogens (tertiary/aromatic N) is 2. The summed E-state index contributed by atoms with van der Waals surface area (Å²) < 4.78 is 1.63. The summed E-state index contributed by atoms with van der Waals surface area (Å²) in [5.41, 5.74) is 1.67. The van der Waals surface area contributed by atoms with Gasteiger partial charge in [0.2, 0.25) is 0 Å². The maximum absolute atomic E-state index is 10.4. The van der Waals surface area contributed by atoms with Crippen LogP contribution < -0.4 is 0 Å². The zero-order valence-corrected chi connectivity index (χ0v) is 10.4. The van der Waals surface area contributed by atoms with Crippen molar-refractivity contribution in [1.29, 1.82) is 0 Å². The minimum atomic E-state index is 0.279. The number of rotatable bonds is 4. The number of carbonyl (C=O) groups excluding carboxylic acids is 1. The van der Waals surface area contributed by atoms with E-state index < -0.39 is 0 Å². The van der Waals surface area contributed by atoms with Crippen molar-refractivity contribution in [3.63, 3.8) is 0 Å². The molecule has 0 aliphatic rings. The Labute approximate surface area is 109 Å². The molecule has 0 unspecified atom stereocenters. The summed E-state index contributed by atoms with van der Waals surface area (Å²) in [4.78, 5) is 10.4. The lowest BCUT2D eigenvalue weighted by Gasteiger charge is -2.05. The van der Waals surface area contributed by atoms with Gasteiger partial charge in [-0.3, -0.25) is 0 Å². The van der Waals surface area contributed by atoms with Crippen LogP contribution in [-0.2, 0) is 17.8 Å². The number of benzene rings is 1. The first kappa shape index (κ1) is 12.1. The number of halogens is 2. The Hall–Kier alpha value is -1.32. The molecule has 0 bridgehead atoms. The van der Waals surface area contributed by atoms with Crippen LogP contribution in [0.4, 0.5) is 0 Å². The van der Waals surface area contributed by atoms with Crippen LogP contribution in [0.5, 0.6) is 0 Å². The minimum Gasteiger partial charge on any atom is -0.303 e. The Morgan fingerprint density at radius 3 is 2.71 bits per heavy atom. The topological polar surface area (TPSA) is 34.9 Å². The molecule has 0 radical (unpaired) electrons. The minimum absolute atomic E-state index is 0.279. The molecule has 1 heterocycles. The molecular formula is C12H10Cl2N2O. The van der Waals surface area contributed by atoms with E-state index in [0.29, 0.717) is 16.7 Å². The first-order valence-corrected chi connectivity index (χ1v) is 5.85. The molecule has 0 amide bonds. The second-order valence-electron chi connectivity index (χ2n) is 3.58. The number of carbonyl (C=O) groups is 1. The van der Waals surface area contributed by atoms with Crippen LogP contribution in [0.25, 0.3) is 0 Å². The van der Waals surface area contributed by atoms with Crippen LogP contribution in [0.3, 0.4) is 0 Å². The van der Waals surface area contributed by atoms with Gasteiger partial charge in [0.15, 0.2) is 0 Å².